The van der Waals surface area contributed by atoms with Gasteiger partial charge in [-0.3, -0.25) is 9.69 Å². The Labute approximate surface area is 184 Å². The first-order valence-corrected chi connectivity index (χ1v) is 10.3. The van der Waals surface area contributed by atoms with Crippen LogP contribution < -0.4 is 15.5 Å². The third-order valence-electron chi connectivity index (χ3n) is 4.84. The van der Waals surface area contributed by atoms with Crippen LogP contribution in [0.1, 0.15) is 12.5 Å². The molecule has 1 heterocycles. The van der Waals surface area contributed by atoms with Crippen LogP contribution in [0.25, 0.3) is 11.1 Å². The van der Waals surface area contributed by atoms with E-state index >= 15 is 0 Å². The molecule has 2 amide bonds. The lowest BCUT2D eigenvalue weighted by molar-refractivity contribution is -0.119. The van der Waals surface area contributed by atoms with Gasteiger partial charge in [-0.15, -0.1) is 11.6 Å². The van der Waals surface area contributed by atoms with E-state index in [1.54, 1.807) is 24.3 Å². The Morgan fingerprint density at radius 1 is 1.29 bits per heavy atom. The molecule has 6 nitrogen and oxygen atoms in total. The summed E-state index contributed by atoms with van der Waals surface area (Å²) >= 11 is 5.73. The molecule has 0 aliphatic carbocycles. The maximum absolute atomic E-state index is 14.8. The number of carbonyl (C=O) groups is 2. The standard InChI is InChI=1S/C22H24ClF2N3O3/c1-14(29)27-12-19-13-28(22(30)31-19)18-6-7-20(21(25)8-18)16-4-2-15(3-5-16)10-26-11-17(23)9-24/h2-8,17,19,26H,9-13H2,1H3,(H,27,29)/t17?,19-/m0/s1. The summed E-state index contributed by atoms with van der Waals surface area (Å²) in [5.74, 6) is -0.677. The highest BCUT2D eigenvalue weighted by Crippen LogP contribution is 2.29. The molecule has 0 radical (unpaired) electrons. The van der Waals surface area contributed by atoms with E-state index in [0.29, 0.717) is 29.9 Å². The Morgan fingerprint density at radius 3 is 2.68 bits per heavy atom. The normalized spacial score (nSPS) is 16.8. The zero-order valence-electron chi connectivity index (χ0n) is 17.0. The predicted octanol–water partition coefficient (Wildman–Crippen LogP) is 3.62. The molecule has 9 heteroatoms. The van der Waals surface area contributed by atoms with E-state index in [9.17, 15) is 18.4 Å². The monoisotopic (exact) mass is 451 g/mol. The highest BCUT2D eigenvalue weighted by molar-refractivity contribution is 6.20. The summed E-state index contributed by atoms with van der Waals surface area (Å²) in [7, 11) is 0. The molecule has 1 fully saturated rings. The molecule has 0 saturated carbocycles. The number of benzene rings is 2. The van der Waals surface area contributed by atoms with E-state index in [1.807, 2.05) is 12.1 Å². The fourth-order valence-corrected chi connectivity index (χ4v) is 3.34. The van der Waals surface area contributed by atoms with Gasteiger partial charge in [0.25, 0.3) is 0 Å². The maximum Gasteiger partial charge on any atom is 0.414 e. The van der Waals surface area contributed by atoms with Gasteiger partial charge in [0.05, 0.1) is 24.2 Å². The minimum absolute atomic E-state index is 0.207. The van der Waals surface area contributed by atoms with Crippen molar-refractivity contribution in [3.63, 3.8) is 0 Å². The number of alkyl halides is 2. The van der Waals surface area contributed by atoms with Crippen LogP contribution in [-0.2, 0) is 16.1 Å². The van der Waals surface area contributed by atoms with Crippen molar-refractivity contribution in [3.8, 4) is 11.1 Å². The summed E-state index contributed by atoms with van der Waals surface area (Å²) in [4.78, 5) is 24.5. The molecule has 1 saturated heterocycles. The molecule has 2 atom stereocenters. The average molecular weight is 452 g/mol. The number of hydrogen-bond donors (Lipinski definition) is 2. The summed E-state index contributed by atoms with van der Waals surface area (Å²) < 4.78 is 32.4. The van der Waals surface area contributed by atoms with Gasteiger partial charge in [0.1, 0.15) is 18.6 Å². The smallest absolute Gasteiger partial charge is 0.414 e. The Hall–Kier alpha value is -2.71. The van der Waals surface area contributed by atoms with Crippen molar-refractivity contribution in [3.05, 3.63) is 53.8 Å². The van der Waals surface area contributed by atoms with E-state index in [1.165, 1.54) is 17.9 Å². The number of amides is 2. The molecule has 31 heavy (non-hydrogen) atoms. The molecule has 2 aromatic carbocycles. The van der Waals surface area contributed by atoms with Crippen molar-refractivity contribution in [1.82, 2.24) is 10.6 Å². The van der Waals surface area contributed by atoms with Crippen LogP contribution in [0.15, 0.2) is 42.5 Å². The number of nitrogens with one attached hydrogen (secondary N) is 2. The lowest BCUT2D eigenvalue weighted by Crippen LogP contribution is -2.33. The topological polar surface area (TPSA) is 70.7 Å². The molecule has 2 N–H and O–H groups in total. The van der Waals surface area contributed by atoms with Crippen LogP contribution in [0.3, 0.4) is 0 Å². The van der Waals surface area contributed by atoms with Gasteiger partial charge in [0.2, 0.25) is 5.91 Å². The molecule has 1 unspecified atom stereocenters. The molecular weight excluding hydrogens is 428 g/mol. The Bertz CT molecular complexity index is 927. The summed E-state index contributed by atoms with van der Waals surface area (Å²) in [6.07, 6.45) is -1.06. The molecule has 1 aliphatic rings. The third-order valence-corrected chi connectivity index (χ3v) is 5.12. The van der Waals surface area contributed by atoms with Gasteiger partial charge >= 0.3 is 6.09 Å². The number of cyclic esters (lactones) is 1. The van der Waals surface area contributed by atoms with Crippen LogP contribution in [0, 0.1) is 5.82 Å². The van der Waals surface area contributed by atoms with Crippen LogP contribution >= 0.6 is 11.6 Å². The predicted molar refractivity (Wildman–Crippen MR) is 115 cm³/mol. The number of rotatable bonds is 9. The number of ether oxygens (including phenoxy) is 1. The quantitative estimate of drug-likeness (QED) is 0.571. The van der Waals surface area contributed by atoms with Gasteiger partial charge in [0, 0.05) is 25.6 Å². The highest BCUT2D eigenvalue weighted by Gasteiger charge is 2.32. The molecule has 1 aliphatic heterocycles. The van der Waals surface area contributed by atoms with Crippen molar-refractivity contribution in [2.45, 2.75) is 24.9 Å². The second-order valence-corrected chi connectivity index (χ2v) is 7.91. The summed E-state index contributed by atoms with van der Waals surface area (Å²) in [6, 6.07) is 11.9. The second kappa shape index (κ2) is 10.5. The fourth-order valence-electron chi connectivity index (χ4n) is 3.23. The van der Waals surface area contributed by atoms with Crippen molar-refractivity contribution in [2.24, 2.45) is 0 Å². The zero-order chi connectivity index (χ0) is 22.4. The Morgan fingerprint density at radius 2 is 2.03 bits per heavy atom. The SMILES string of the molecule is CC(=O)NC[C@H]1CN(c2ccc(-c3ccc(CNCC(Cl)CF)cc3)c(F)c2)C(=O)O1. The van der Waals surface area contributed by atoms with Crippen molar-refractivity contribution in [1.29, 1.82) is 0 Å². The van der Waals surface area contributed by atoms with Gasteiger partial charge in [-0.2, -0.15) is 0 Å². The van der Waals surface area contributed by atoms with E-state index in [0.717, 1.165) is 5.56 Å². The number of hydrogen-bond acceptors (Lipinski definition) is 4. The van der Waals surface area contributed by atoms with Gasteiger partial charge in [-0.1, -0.05) is 24.3 Å². The van der Waals surface area contributed by atoms with Crippen molar-refractivity contribution in [2.75, 3.05) is 31.2 Å². The average Bonchev–Trinajstić information content (AvgIpc) is 3.13. The van der Waals surface area contributed by atoms with Gasteiger partial charge in [0.15, 0.2) is 0 Å². The minimum atomic E-state index is -0.589. The third kappa shape index (κ3) is 6.15. The maximum atomic E-state index is 14.8. The van der Waals surface area contributed by atoms with Crippen LogP contribution in [0.5, 0.6) is 0 Å². The molecule has 166 valence electrons. The van der Waals surface area contributed by atoms with Gasteiger partial charge in [-0.25, -0.2) is 13.6 Å². The number of halogens is 3. The molecule has 3 rings (SSSR count). The first kappa shape index (κ1) is 23.0. The van der Waals surface area contributed by atoms with Crippen molar-refractivity contribution < 1.29 is 23.1 Å². The van der Waals surface area contributed by atoms with Crippen LogP contribution in [0.2, 0.25) is 0 Å². The molecular formula is C22H24ClF2N3O3. The van der Waals surface area contributed by atoms with E-state index in [-0.39, 0.29) is 19.0 Å². The summed E-state index contributed by atoms with van der Waals surface area (Å²) in [5, 5.41) is 5.11. The number of anilines is 1. The number of nitrogens with zero attached hydrogens (tertiary/aromatic N) is 1. The fraction of sp³-hybridized carbons (Fsp3) is 0.364. The first-order chi connectivity index (χ1) is 14.9. The largest absolute Gasteiger partial charge is 0.442 e. The second-order valence-electron chi connectivity index (χ2n) is 7.30. The Kier molecular flexibility index (Phi) is 7.81. The van der Waals surface area contributed by atoms with Crippen molar-refractivity contribution >= 4 is 29.3 Å². The van der Waals surface area contributed by atoms with Gasteiger partial charge in [-0.05, 0) is 29.3 Å². The zero-order valence-corrected chi connectivity index (χ0v) is 17.8. The lowest BCUT2D eigenvalue weighted by atomic mass is 10.0. The molecule has 2 aromatic rings. The van der Waals surface area contributed by atoms with E-state index in [2.05, 4.69) is 10.6 Å². The molecule has 0 spiro atoms. The Balaban J connectivity index is 1.64. The number of carbonyl (C=O) groups excluding carboxylic acids is 2. The van der Waals surface area contributed by atoms with Gasteiger partial charge < -0.3 is 15.4 Å². The minimum Gasteiger partial charge on any atom is -0.442 e. The highest BCUT2D eigenvalue weighted by atomic mass is 35.5. The van der Waals surface area contributed by atoms with E-state index in [4.69, 9.17) is 16.3 Å². The lowest BCUT2D eigenvalue weighted by Gasteiger charge is -2.15. The van der Waals surface area contributed by atoms with E-state index < -0.39 is 30.1 Å². The summed E-state index contributed by atoms with van der Waals surface area (Å²) in [6.45, 7) is 2.12. The van der Waals surface area contributed by atoms with Crippen LogP contribution in [0.4, 0.5) is 19.3 Å². The first-order valence-electron chi connectivity index (χ1n) is 9.89. The molecule has 0 bridgehead atoms. The molecule has 0 aromatic heterocycles. The van der Waals surface area contributed by atoms with Crippen LogP contribution in [-0.4, -0.2) is 49.8 Å². The summed E-state index contributed by atoms with van der Waals surface area (Å²) in [5.41, 5.74) is 2.46.